The molecular weight excluding hydrogens is 358 g/mol. The molecule has 0 radical (unpaired) electrons. The number of carbonyl (C=O) groups is 1. The van der Waals surface area contributed by atoms with Crippen molar-refractivity contribution in [3.8, 4) is 6.07 Å². The van der Waals surface area contributed by atoms with Crippen LogP contribution in [-0.2, 0) is 0 Å². The Morgan fingerprint density at radius 1 is 1.33 bits per heavy atom. The molecule has 1 unspecified atom stereocenters. The second-order valence-corrected chi connectivity index (χ2v) is 8.31. The minimum atomic E-state index is -0.0332. The van der Waals surface area contributed by atoms with E-state index in [-0.39, 0.29) is 12.1 Å². The van der Waals surface area contributed by atoms with E-state index in [0.717, 1.165) is 13.0 Å². The predicted octanol–water partition coefficient (Wildman–Crippen LogP) is 3.61. The molecule has 1 N–H and O–H groups in total. The summed E-state index contributed by atoms with van der Waals surface area (Å²) >= 11 is 1.76. The van der Waals surface area contributed by atoms with Gasteiger partial charge in [-0.25, -0.2) is 9.78 Å². The molecule has 1 saturated heterocycles. The number of aromatic nitrogens is 1. The van der Waals surface area contributed by atoms with Crippen LogP contribution < -0.4 is 10.2 Å². The van der Waals surface area contributed by atoms with E-state index in [9.17, 15) is 10.1 Å². The van der Waals surface area contributed by atoms with Gasteiger partial charge in [0, 0.05) is 42.1 Å². The molecule has 3 heterocycles. The number of aryl methyl sites for hydroxylation is 2. The molecule has 0 saturated carbocycles. The molecular formula is C20H25N5OS. The molecule has 1 aliphatic rings. The van der Waals surface area contributed by atoms with E-state index in [1.807, 2.05) is 11.8 Å². The van der Waals surface area contributed by atoms with Gasteiger partial charge in [0.1, 0.15) is 11.9 Å². The Morgan fingerprint density at radius 3 is 2.85 bits per heavy atom. The first-order valence-corrected chi connectivity index (χ1v) is 10.0. The lowest BCUT2D eigenvalue weighted by Gasteiger charge is -2.25. The zero-order valence-corrected chi connectivity index (χ0v) is 16.8. The van der Waals surface area contributed by atoms with Gasteiger partial charge < -0.3 is 15.1 Å². The molecule has 2 amide bonds. The highest BCUT2D eigenvalue weighted by Gasteiger charge is 2.23. The second-order valence-electron chi connectivity index (χ2n) is 6.85. The Balaban J connectivity index is 1.63. The molecule has 142 valence electrons. The average Bonchev–Trinajstić information content (AvgIpc) is 2.86. The predicted molar refractivity (Wildman–Crippen MR) is 108 cm³/mol. The van der Waals surface area contributed by atoms with Crippen LogP contribution in [0.15, 0.2) is 24.4 Å². The molecule has 27 heavy (non-hydrogen) atoms. The van der Waals surface area contributed by atoms with E-state index >= 15 is 0 Å². The van der Waals surface area contributed by atoms with Crippen molar-refractivity contribution in [1.82, 2.24) is 15.2 Å². The zero-order valence-electron chi connectivity index (χ0n) is 16.0. The standard InChI is InChI=1S/C20H25N5OS/c1-14-12-18(16(3)27-14)15(2)23-20(26)25-9-5-8-24(10-11-25)19-17(13-21)6-4-7-22-19/h4,6-7,12,15H,5,8-11H2,1-3H3,(H,23,26). The van der Waals surface area contributed by atoms with Crippen molar-refractivity contribution in [2.24, 2.45) is 0 Å². The number of anilines is 1. The number of nitrogens with one attached hydrogen (secondary N) is 1. The molecule has 6 nitrogen and oxygen atoms in total. The van der Waals surface area contributed by atoms with Crippen molar-refractivity contribution in [3.05, 3.63) is 45.3 Å². The smallest absolute Gasteiger partial charge is 0.317 e. The van der Waals surface area contributed by atoms with Crippen LogP contribution >= 0.6 is 11.3 Å². The van der Waals surface area contributed by atoms with Crippen LogP contribution in [0.25, 0.3) is 0 Å². The van der Waals surface area contributed by atoms with Gasteiger partial charge in [0.25, 0.3) is 0 Å². The Morgan fingerprint density at radius 2 is 2.15 bits per heavy atom. The number of thiophene rings is 1. The number of hydrogen-bond acceptors (Lipinski definition) is 5. The molecule has 0 spiro atoms. The number of rotatable bonds is 3. The van der Waals surface area contributed by atoms with Crippen molar-refractivity contribution >= 4 is 23.2 Å². The number of hydrogen-bond donors (Lipinski definition) is 1. The Kier molecular flexibility index (Phi) is 5.97. The van der Waals surface area contributed by atoms with Gasteiger partial charge in [0.2, 0.25) is 0 Å². The van der Waals surface area contributed by atoms with Crippen molar-refractivity contribution in [3.63, 3.8) is 0 Å². The molecule has 1 atom stereocenters. The fourth-order valence-corrected chi connectivity index (χ4v) is 4.53. The third-order valence-electron chi connectivity index (χ3n) is 4.88. The Hall–Kier alpha value is -2.59. The van der Waals surface area contributed by atoms with Crippen LogP contribution in [0.1, 0.15) is 40.3 Å². The van der Waals surface area contributed by atoms with Gasteiger partial charge in [-0.15, -0.1) is 11.3 Å². The van der Waals surface area contributed by atoms with Crippen molar-refractivity contribution in [1.29, 1.82) is 5.26 Å². The summed E-state index contributed by atoms with van der Waals surface area (Å²) in [6.45, 7) is 8.99. The summed E-state index contributed by atoms with van der Waals surface area (Å²) in [7, 11) is 0. The fraction of sp³-hybridized carbons (Fsp3) is 0.450. The maximum atomic E-state index is 12.8. The van der Waals surface area contributed by atoms with Crippen LogP contribution in [0.2, 0.25) is 0 Å². The molecule has 0 bridgehead atoms. The first-order chi connectivity index (χ1) is 13.0. The highest BCUT2D eigenvalue weighted by atomic mass is 32.1. The third kappa shape index (κ3) is 4.40. The van der Waals surface area contributed by atoms with Gasteiger partial charge in [-0.2, -0.15) is 5.26 Å². The highest BCUT2D eigenvalue weighted by molar-refractivity contribution is 7.12. The number of nitrogens with zero attached hydrogens (tertiary/aromatic N) is 4. The van der Waals surface area contributed by atoms with Crippen LogP contribution in [0.5, 0.6) is 0 Å². The summed E-state index contributed by atoms with van der Waals surface area (Å²) < 4.78 is 0. The lowest BCUT2D eigenvalue weighted by molar-refractivity contribution is 0.198. The molecule has 3 rings (SSSR count). The van der Waals surface area contributed by atoms with Gasteiger partial charge in [-0.3, -0.25) is 0 Å². The number of carbonyl (C=O) groups excluding carboxylic acids is 1. The van der Waals surface area contributed by atoms with Crippen LogP contribution in [-0.4, -0.2) is 42.1 Å². The van der Waals surface area contributed by atoms with Crippen molar-refractivity contribution in [2.75, 3.05) is 31.1 Å². The number of urea groups is 1. The summed E-state index contributed by atoms with van der Waals surface area (Å²) in [4.78, 5) is 23.6. The maximum Gasteiger partial charge on any atom is 0.317 e. The summed E-state index contributed by atoms with van der Waals surface area (Å²) in [5, 5.41) is 12.4. The fourth-order valence-electron chi connectivity index (χ4n) is 3.50. The molecule has 7 heteroatoms. The summed E-state index contributed by atoms with van der Waals surface area (Å²) in [6, 6.07) is 7.87. The van der Waals surface area contributed by atoms with Gasteiger partial charge in [0.15, 0.2) is 0 Å². The molecule has 2 aromatic rings. The van der Waals surface area contributed by atoms with E-state index in [2.05, 4.69) is 41.2 Å². The van der Waals surface area contributed by atoms with Crippen LogP contribution in [0.4, 0.5) is 10.6 Å². The van der Waals surface area contributed by atoms with E-state index in [4.69, 9.17) is 0 Å². The van der Waals surface area contributed by atoms with Gasteiger partial charge in [-0.05, 0) is 51.0 Å². The number of nitriles is 1. The largest absolute Gasteiger partial charge is 0.354 e. The average molecular weight is 384 g/mol. The lowest BCUT2D eigenvalue weighted by Crippen LogP contribution is -2.43. The SMILES string of the molecule is Cc1cc(C(C)NC(=O)N2CCCN(c3ncccc3C#N)CC2)c(C)s1. The number of pyridine rings is 1. The number of amides is 2. The van der Waals surface area contributed by atoms with Gasteiger partial charge in [0.05, 0.1) is 11.6 Å². The summed E-state index contributed by atoms with van der Waals surface area (Å²) in [5.74, 6) is 0.708. The topological polar surface area (TPSA) is 72.3 Å². The molecule has 1 aliphatic heterocycles. The zero-order chi connectivity index (χ0) is 19.4. The Bertz CT molecular complexity index is 856. The summed E-state index contributed by atoms with van der Waals surface area (Å²) in [6.07, 6.45) is 2.55. The minimum absolute atomic E-state index is 0.0113. The van der Waals surface area contributed by atoms with Gasteiger partial charge in [-0.1, -0.05) is 0 Å². The Labute approximate surface area is 164 Å². The monoisotopic (exact) mass is 383 g/mol. The summed E-state index contributed by atoms with van der Waals surface area (Å²) in [5.41, 5.74) is 1.77. The van der Waals surface area contributed by atoms with Gasteiger partial charge >= 0.3 is 6.03 Å². The first kappa shape index (κ1) is 19.2. The quantitative estimate of drug-likeness (QED) is 0.879. The van der Waals surface area contributed by atoms with Crippen molar-refractivity contribution < 1.29 is 4.79 Å². The maximum absolute atomic E-state index is 12.8. The second kappa shape index (κ2) is 8.40. The highest BCUT2D eigenvalue weighted by Crippen LogP contribution is 2.26. The normalized spacial score (nSPS) is 15.8. The van der Waals surface area contributed by atoms with Crippen LogP contribution in [0.3, 0.4) is 0 Å². The first-order valence-electron chi connectivity index (χ1n) is 9.22. The molecule has 1 fully saturated rings. The van der Waals surface area contributed by atoms with E-state index in [1.54, 1.807) is 29.7 Å². The van der Waals surface area contributed by atoms with Crippen molar-refractivity contribution in [2.45, 2.75) is 33.2 Å². The van der Waals surface area contributed by atoms with E-state index < -0.39 is 0 Å². The van der Waals surface area contributed by atoms with E-state index in [0.29, 0.717) is 31.0 Å². The van der Waals surface area contributed by atoms with Crippen LogP contribution in [0, 0.1) is 25.2 Å². The minimum Gasteiger partial charge on any atom is -0.354 e. The lowest BCUT2D eigenvalue weighted by atomic mass is 10.1. The molecule has 0 aromatic carbocycles. The van der Waals surface area contributed by atoms with E-state index in [1.165, 1.54) is 15.3 Å². The molecule has 2 aromatic heterocycles. The molecule has 0 aliphatic carbocycles. The third-order valence-corrected chi connectivity index (χ3v) is 5.86.